The van der Waals surface area contributed by atoms with Crippen LogP contribution in [0.3, 0.4) is 0 Å². The second kappa shape index (κ2) is 6.57. The SMILES string of the molecule is CC(C)(C)OC(=O)N1[C@@H](CNc2cccc(Cl)c2)COC1(C)C. The summed E-state index contributed by atoms with van der Waals surface area (Å²) in [5, 5.41) is 3.97. The molecular formula is C17H25ClN2O3. The third-order valence-electron chi connectivity index (χ3n) is 3.53. The van der Waals surface area contributed by atoms with E-state index >= 15 is 0 Å². The molecule has 0 radical (unpaired) electrons. The average Bonchev–Trinajstić information content (AvgIpc) is 2.69. The Morgan fingerprint density at radius 3 is 2.78 bits per heavy atom. The van der Waals surface area contributed by atoms with Crippen LogP contribution in [-0.4, -0.2) is 41.5 Å². The van der Waals surface area contributed by atoms with Crippen LogP contribution in [0.5, 0.6) is 0 Å². The van der Waals surface area contributed by atoms with E-state index in [1.807, 2.05) is 58.9 Å². The molecule has 0 bridgehead atoms. The first kappa shape index (κ1) is 17.9. The molecule has 0 saturated carbocycles. The van der Waals surface area contributed by atoms with Crippen molar-refractivity contribution in [1.29, 1.82) is 0 Å². The number of hydrogen-bond donors (Lipinski definition) is 1. The molecule has 1 N–H and O–H groups in total. The van der Waals surface area contributed by atoms with Crippen molar-refractivity contribution >= 4 is 23.4 Å². The molecule has 0 unspecified atom stereocenters. The molecule has 1 saturated heterocycles. The Labute approximate surface area is 142 Å². The van der Waals surface area contributed by atoms with Crippen molar-refractivity contribution in [2.75, 3.05) is 18.5 Å². The molecule has 1 atom stereocenters. The van der Waals surface area contributed by atoms with E-state index in [1.165, 1.54) is 0 Å². The van der Waals surface area contributed by atoms with E-state index in [4.69, 9.17) is 21.1 Å². The van der Waals surface area contributed by atoms with E-state index in [0.29, 0.717) is 18.2 Å². The normalized spacial score (nSPS) is 20.4. The van der Waals surface area contributed by atoms with Crippen LogP contribution in [0.4, 0.5) is 10.5 Å². The Morgan fingerprint density at radius 1 is 1.48 bits per heavy atom. The first-order chi connectivity index (χ1) is 10.6. The molecule has 0 aliphatic carbocycles. The Hall–Kier alpha value is -1.46. The minimum absolute atomic E-state index is 0.112. The lowest BCUT2D eigenvalue weighted by Crippen LogP contribution is -2.51. The molecule has 5 nitrogen and oxygen atoms in total. The minimum atomic E-state index is -0.691. The van der Waals surface area contributed by atoms with Gasteiger partial charge in [0.2, 0.25) is 0 Å². The van der Waals surface area contributed by atoms with Gasteiger partial charge in [-0.3, -0.25) is 4.90 Å². The minimum Gasteiger partial charge on any atom is -0.444 e. The van der Waals surface area contributed by atoms with Crippen molar-refractivity contribution in [2.45, 2.75) is 52.0 Å². The van der Waals surface area contributed by atoms with Crippen molar-refractivity contribution in [1.82, 2.24) is 4.90 Å². The summed E-state index contributed by atoms with van der Waals surface area (Å²) < 4.78 is 11.3. The Balaban J connectivity index is 2.06. The largest absolute Gasteiger partial charge is 0.444 e. The van der Waals surface area contributed by atoms with Gasteiger partial charge in [0.05, 0.1) is 12.6 Å². The quantitative estimate of drug-likeness (QED) is 0.899. The molecule has 0 spiro atoms. The standard InChI is InChI=1S/C17H25ClN2O3/c1-16(2,3)23-15(21)20-14(11-22-17(20,4)5)10-19-13-8-6-7-12(18)9-13/h6-9,14,19H,10-11H2,1-5H3/t14-/m0/s1. The number of halogens is 1. The number of carbonyl (C=O) groups is 1. The highest BCUT2D eigenvalue weighted by molar-refractivity contribution is 6.30. The number of benzene rings is 1. The Kier molecular flexibility index (Phi) is 5.11. The summed E-state index contributed by atoms with van der Waals surface area (Å²) in [5.41, 5.74) is -0.324. The van der Waals surface area contributed by atoms with Gasteiger partial charge in [-0.2, -0.15) is 0 Å². The molecule has 1 aromatic rings. The number of hydrogen-bond acceptors (Lipinski definition) is 4. The van der Waals surface area contributed by atoms with E-state index in [0.717, 1.165) is 5.69 Å². The first-order valence-electron chi connectivity index (χ1n) is 7.74. The van der Waals surface area contributed by atoms with Gasteiger partial charge in [0.1, 0.15) is 11.3 Å². The zero-order chi connectivity index (χ0) is 17.3. The Morgan fingerprint density at radius 2 is 2.17 bits per heavy atom. The lowest BCUT2D eigenvalue weighted by atomic mass is 10.2. The third-order valence-corrected chi connectivity index (χ3v) is 3.77. The molecule has 23 heavy (non-hydrogen) atoms. The monoisotopic (exact) mass is 340 g/mol. The summed E-state index contributed by atoms with van der Waals surface area (Å²) in [7, 11) is 0. The van der Waals surface area contributed by atoms with Gasteiger partial charge in [-0.25, -0.2) is 4.79 Å². The third kappa shape index (κ3) is 4.75. The zero-order valence-electron chi connectivity index (χ0n) is 14.4. The number of nitrogens with one attached hydrogen (secondary N) is 1. The second-order valence-corrected chi connectivity index (χ2v) is 7.59. The maximum Gasteiger partial charge on any atom is 0.412 e. The van der Waals surface area contributed by atoms with Gasteiger partial charge in [-0.05, 0) is 52.8 Å². The molecule has 0 aromatic heterocycles. The fourth-order valence-electron chi connectivity index (χ4n) is 2.55. The number of amides is 1. The van der Waals surface area contributed by atoms with Crippen LogP contribution in [0.25, 0.3) is 0 Å². The van der Waals surface area contributed by atoms with Crippen LogP contribution in [0.1, 0.15) is 34.6 Å². The molecule has 1 aliphatic heterocycles. The number of ether oxygens (including phenoxy) is 2. The molecule has 1 amide bonds. The Bertz CT molecular complexity index is 569. The molecule has 2 rings (SSSR count). The topological polar surface area (TPSA) is 50.8 Å². The average molecular weight is 341 g/mol. The van der Waals surface area contributed by atoms with Crippen LogP contribution < -0.4 is 5.32 Å². The summed E-state index contributed by atoms with van der Waals surface area (Å²) in [6, 6.07) is 7.37. The van der Waals surface area contributed by atoms with Crippen LogP contribution in [0.15, 0.2) is 24.3 Å². The van der Waals surface area contributed by atoms with Crippen molar-refractivity contribution in [3.8, 4) is 0 Å². The number of carbonyl (C=O) groups excluding carboxylic acids is 1. The van der Waals surface area contributed by atoms with Gasteiger partial charge in [0.15, 0.2) is 0 Å². The van der Waals surface area contributed by atoms with Crippen LogP contribution in [0, 0.1) is 0 Å². The highest BCUT2D eigenvalue weighted by atomic mass is 35.5. The summed E-state index contributed by atoms with van der Waals surface area (Å²) in [5.74, 6) is 0. The summed E-state index contributed by atoms with van der Waals surface area (Å²) >= 11 is 5.99. The smallest absolute Gasteiger partial charge is 0.412 e. The van der Waals surface area contributed by atoms with Gasteiger partial charge < -0.3 is 14.8 Å². The number of rotatable bonds is 3. The van der Waals surface area contributed by atoms with E-state index in [9.17, 15) is 4.79 Å². The highest BCUT2D eigenvalue weighted by Crippen LogP contribution is 2.29. The highest BCUT2D eigenvalue weighted by Gasteiger charge is 2.45. The molecule has 6 heteroatoms. The van der Waals surface area contributed by atoms with E-state index < -0.39 is 11.3 Å². The lowest BCUT2D eigenvalue weighted by molar-refractivity contribution is -0.0620. The predicted molar refractivity (Wildman–Crippen MR) is 91.8 cm³/mol. The first-order valence-corrected chi connectivity index (χ1v) is 8.12. The molecule has 1 fully saturated rings. The summed E-state index contributed by atoms with van der Waals surface area (Å²) in [6.45, 7) is 10.3. The summed E-state index contributed by atoms with van der Waals surface area (Å²) in [6.07, 6.45) is -0.363. The van der Waals surface area contributed by atoms with Crippen LogP contribution >= 0.6 is 11.6 Å². The number of anilines is 1. The van der Waals surface area contributed by atoms with Gasteiger partial charge in [0.25, 0.3) is 0 Å². The van der Waals surface area contributed by atoms with Gasteiger partial charge in [-0.15, -0.1) is 0 Å². The molecule has 1 aliphatic rings. The van der Waals surface area contributed by atoms with E-state index in [2.05, 4.69) is 5.32 Å². The lowest BCUT2D eigenvalue weighted by Gasteiger charge is -2.35. The van der Waals surface area contributed by atoms with Crippen molar-refractivity contribution in [2.24, 2.45) is 0 Å². The van der Waals surface area contributed by atoms with Crippen LogP contribution in [0.2, 0.25) is 5.02 Å². The van der Waals surface area contributed by atoms with Crippen molar-refractivity contribution in [3.63, 3.8) is 0 Å². The van der Waals surface area contributed by atoms with Crippen molar-refractivity contribution in [3.05, 3.63) is 29.3 Å². The van der Waals surface area contributed by atoms with Gasteiger partial charge >= 0.3 is 6.09 Å². The molecule has 1 aromatic carbocycles. The molecular weight excluding hydrogens is 316 g/mol. The predicted octanol–water partition coefficient (Wildman–Crippen LogP) is 4.12. The maximum absolute atomic E-state index is 12.5. The summed E-state index contributed by atoms with van der Waals surface area (Å²) in [4.78, 5) is 14.2. The van der Waals surface area contributed by atoms with Gasteiger partial charge in [0, 0.05) is 17.3 Å². The maximum atomic E-state index is 12.5. The molecule has 128 valence electrons. The van der Waals surface area contributed by atoms with E-state index in [-0.39, 0.29) is 12.1 Å². The number of nitrogens with zero attached hydrogens (tertiary/aromatic N) is 1. The van der Waals surface area contributed by atoms with Crippen LogP contribution in [-0.2, 0) is 9.47 Å². The fraction of sp³-hybridized carbons (Fsp3) is 0.588. The van der Waals surface area contributed by atoms with Crippen molar-refractivity contribution < 1.29 is 14.3 Å². The van der Waals surface area contributed by atoms with Gasteiger partial charge in [-0.1, -0.05) is 17.7 Å². The van der Waals surface area contributed by atoms with E-state index in [1.54, 1.807) is 4.90 Å². The fourth-order valence-corrected chi connectivity index (χ4v) is 2.74. The molecule has 1 heterocycles. The second-order valence-electron chi connectivity index (χ2n) is 7.15. The zero-order valence-corrected chi connectivity index (χ0v) is 15.1.